The molecular formula is C30H48O4. The van der Waals surface area contributed by atoms with Gasteiger partial charge in [-0.15, -0.1) is 0 Å². The molecule has 0 radical (unpaired) electrons. The van der Waals surface area contributed by atoms with Crippen molar-refractivity contribution in [2.45, 2.75) is 118 Å². The molecule has 0 unspecified atom stereocenters. The fourth-order valence-electron chi connectivity index (χ4n) is 11.9. The van der Waals surface area contributed by atoms with E-state index in [-0.39, 0.29) is 33.0 Å². The summed E-state index contributed by atoms with van der Waals surface area (Å²) < 4.78 is 6.14. The van der Waals surface area contributed by atoms with Gasteiger partial charge in [-0.05, 0) is 111 Å². The zero-order valence-electron chi connectivity index (χ0n) is 22.5. The maximum Gasteiger partial charge on any atom is 0.309 e. The Hall–Kier alpha value is -0.610. The molecule has 1 aliphatic heterocycles. The van der Waals surface area contributed by atoms with Gasteiger partial charge in [0.2, 0.25) is 0 Å². The molecule has 192 valence electrons. The Morgan fingerprint density at radius 3 is 2.12 bits per heavy atom. The summed E-state index contributed by atoms with van der Waals surface area (Å²) in [6, 6.07) is 0. The highest BCUT2D eigenvalue weighted by molar-refractivity contribution is 5.74. The van der Waals surface area contributed by atoms with Crippen molar-refractivity contribution >= 4 is 5.97 Å². The number of rotatable bonds is 1. The largest absolute Gasteiger partial charge is 0.481 e. The van der Waals surface area contributed by atoms with Gasteiger partial charge >= 0.3 is 5.97 Å². The maximum atomic E-state index is 12.3. The van der Waals surface area contributed by atoms with Crippen molar-refractivity contribution in [1.82, 2.24) is 0 Å². The molecule has 2 bridgehead atoms. The second-order valence-corrected chi connectivity index (χ2v) is 15.4. The zero-order chi connectivity index (χ0) is 24.6. The van der Waals surface area contributed by atoms with Crippen LogP contribution in [0.4, 0.5) is 0 Å². The average Bonchev–Trinajstić information content (AvgIpc) is 2.92. The molecule has 0 aromatic carbocycles. The zero-order valence-corrected chi connectivity index (χ0v) is 22.5. The van der Waals surface area contributed by atoms with Gasteiger partial charge in [-0.1, -0.05) is 34.6 Å². The summed E-state index contributed by atoms with van der Waals surface area (Å²) in [4.78, 5) is 12.3. The predicted molar refractivity (Wildman–Crippen MR) is 132 cm³/mol. The van der Waals surface area contributed by atoms with Crippen molar-refractivity contribution in [3.05, 3.63) is 0 Å². The van der Waals surface area contributed by atoms with Crippen LogP contribution in [-0.2, 0) is 9.53 Å². The summed E-state index contributed by atoms with van der Waals surface area (Å²) in [6.07, 6.45) is 12.0. The Balaban J connectivity index is 1.39. The number of carbonyl (C=O) groups is 1. The average molecular weight is 473 g/mol. The van der Waals surface area contributed by atoms with Crippen molar-refractivity contribution in [1.29, 1.82) is 0 Å². The standard InChI is InChI=1S/C30H48O4/c1-19-29-9-7-20-26(4,21(29)8-10-30(19,33)34-18-29)14-16-28(6)22-17-25(3,23(31)32)12-11-24(22,2)13-15-27(20,28)5/h19-22,33H,7-18H2,1-6H3,(H,31,32)/t19-,20+,21+,22-,24-,25-,26-,27-,28+,29+,30+/m1/s1. The van der Waals surface area contributed by atoms with Crippen LogP contribution in [0.1, 0.15) is 112 Å². The molecule has 4 heteroatoms. The number of hydrogen-bond acceptors (Lipinski definition) is 3. The SMILES string of the molecule is C[C@@H]1[C@@]23CC[C@H]4[C@@](C)(CC[C@@]5(C)[C@@H]6C[C@](C)(C(=O)O)CC[C@]6(C)CC[C@]45C)[C@@H]2CC[C@]1(O)OC3. The summed E-state index contributed by atoms with van der Waals surface area (Å²) in [5.41, 5.74) is 0.569. The number of aliphatic hydroxyl groups is 1. The van der Waals surface area contributed by atoms with E-state index in [1.165, 1.54) is 38.5 Å². The van der Waals surface area contributed by atoms with E-state index in [4.69, 9.17) is 4.74 Å². The molecule has 0 aromatic rings. The van der Waals surface area contributed by atoms with Gasteiger partial charge in [0.1, 0.15) is 0 Å². The second kappa shape index (κ2) is 6.63. The van der Waals surface area contributed by atoms with E-state index in [1.54, 1.807) is 0 Å². The number of hydrogen-bond donors (Lipinski definition) is 2. The topological polar surface area (TPSA) is 66.8 Å². The molecule has 11 atom stereocenters. The lowest BCUT2D eigenvalue weighted by atomic mass is 9.30. The number of fused-ring (bicyclic) bond motifs is 7. The van der Waals surface area contributed by atoms with Crippen LogP contribution < -0.4 is 0 Å². The van der Waals surface area contributed by atoms with Gasteiger partial charge in [0, 0.05) is 17.8 Å². The molecule has 0 amide bonds. The minimum atomic E-state index is -0.900. The van der Waals surface area contributed by atoms with Crippen molar-refractivity contribution in [3.8, 4) is 0 Å². The highest BCUT2D eigenvalue weighted by Gasteiger charge is 2.74. The van der Waals surface area contributed by atoms with Gasteiger partial charge in [-0.2, -0.15) is 0 Å². The van der Waals surface area contributed by atoms with Crippen LogP contribution >= 0.6 is 0 Å². The number of ether oxygens (including phenoxy) is 1. The van der Waals surface area contributed by atoms with E-state index in [0.29, 0.717) is 17.8 Å². The minimum absolute atomic E-state index is 0.137. The first-order chi connectivity index (χ1) is 15.7. The van der Waals surface area contributed by atoms with Gasteiger partial charge in [0.05, 0.1) is 12.0 Å². The molecule has 1 saturated heterocycles. The van der Waals surface area contributed by atoms with Crippen molar-refractivity contribution in [3.63, 3.8) is 0 Å². The smallest absolute Gasteiger partial charge is 0.309 e. The van der Waals surface area contributed by atoms with E-state index in [0.717, 1.165) is 38.7 Å². The van der Waals surface area contributed by atoms with Crippen molar-refractivity contribution < 1.29 is 19.7 Å². The molecule has 2 N–H and O–H groups in total. The Morgan fingerprint density at radius 1 is 0.794 bits per heavy atom. The highest BCUT2D eigenvalue weighted by Crippen LogP contribution is 2.79. The molecule has 4 nitrogen and oxygen atoms in total. The fraction of sp³-hybridized carbons (Fsp3) is 0.967. The first-order valence-corrected chi connectivity index (χ1v) is 14.3. The third-order valence-electron chi connectivity index (χ3n) is 14.6. The Labute approximate surface area is 206 Å². The summed E-state index contributed by atoms with van der Waals surface area (Å²) in [5, 5.41) is 21.3. The Bertz CT molecular complexity index is 917. The van der Waals surface area contributed by atoms with Gasteiger partial charge in [-0.3, -0.25) is 4.79 Å². The van der Waals surface area contributed by atoms with E-state index < -0.39 is 17.2 Å². The van der Waals surface area contributed by atoms with E-state index in [9.17, 15) is 15.0 Å². The van der Waals surface area contributed by atoms with Crippen LogP contribution in [-0.4, -0.2) is 28.6 Å². The first-order valence-electron chi connectivity index (χ1n) is 14.3. The lowest BCUT2D eigenvalue weighted by Gasteiger charge is -2.74. The monoisotopic (exact) mass is 472 g/mol. The van der Waals surface area contributed by atoms with E-state index >= 15 is 0 Å². The normalized spacial score (nSPS) is 62.7. The molecule has 34 heavy (non-hydrogen) atoms. The molecule has 0 aromatic heterocycles. The van der Waals surface area contributed by atoms with Gasteiger partial charge in [-0.25, -0.2) is 0 Å². The maximum absolute atomic E-state index is 12.3. The van der Waals surface area contributed by atoms with Crippen LogP contribution in [0.5, 0.6) is 0 Å². The third kappa shape index (κ3) is 2.51. The summed E-state index contributed by atoms with van der Waals surface area (Å²) in [6.45, 7) is 15.3. The molecule has 6 aliphatic rings. The van der Waals surface area contributed by atoms with Crippen LogP contribution in [0.25, 0.3) is 0 Å². The lowest BCUT2D eigenvalue weighted by molar-refractivity contribution is -0.267. The van der Waals surface area contributed by atoms with Crippen molar-refractivity contribution in [2.24, 2.45) is 56.2 Å². The molecule has 6 fully saturated rings. The fourth-order valence-corrected chi connectivity index (χ4v) is 11.9. The molecule has 5 aliphatic carbocycles. The second-order valence-electron chi connectivity index (χ2n) is 15.4. The molecule has 5 saturated carbocycles. The molecule has 1 spiro atoms. The third-order valence-corrected chi connectivity index (χ3v) is 14.6. The van der Waals surface area contributed by atoms with Crippen LogP contribution in [0.3, 0.4) is 0 Å². The summed E-state index contributed by atoms with van der Waals surface area (Å²) in [7, 11) is 0. The van der Waals surface area contributed by atoms with Crippen LogP contribution in [0.2, 0.25) is 0 Å². The van der Waals surface area contributed by atoms with E-state index in [2.05, 4.69) is 34.6 Å². The molecular weight excluding hydrogens is 424 g/mol. The van der Waals surface area contributed by atoms with Gasteiger partial charge in [0.25, 0.3) is 0 Å². The highest BCUT2D eigenvalue weighted by atomic mass is 16.6. The molecule has 1 heterocycles. The number of carboxylic acids is 1. The van der Waals surface area contributed by atoms with E-state index in [1.807, 2.05) is 6.92 Å². The summed E-state index contributed by atoms with van der Waals surface area (Å²) >= 11 is 0. The number of carboxylic acid groups (broad SMARTS) is 1. The van der Waals surface area contributed by atoms with Gasteiger partial charge < -0.3 is 14.9 Å². The summed E-state index contributed by atoms with van der Waals surface area (Å²) in [5.74, 6) is 0.525. The van der Waals surface area contributed by atoms with Crippen LogP contribution in [0.15, 0.2) is 0 Å². The quantitative estimate of drug-likeness (QED) is 0.448. The van der Waals surface area contributed by atoms with Gasteiger partial charge in [0.15, 0.2) is 5.79 Å². The van der Waals surface area contributed by atoms with Crippen molar-refractivity contribution in [2.75, 3.05) is 6.61 Å². The Morgan fingerprint density at radius 2 is 1.41 bits per heavy atom. The predicted octanol–water partition coefficient (Wildman–Crippen LogP) is 6.65. The first kappa shape index (κ1) is 23.8. The Kier molecular flexibility index (Phi) is 4.63. The lowest BCUT2D eigenvalue weighted by Crippen LogP contribution is -2.68. The minimum Gasteiger partial charge on any atom is -0.481 e. The number of aliphatic carboxylic acids is 1. The van der Waals surface area contributed by atoms with Crippen LogP contribution in [0, 0.1) is 56.2 Å². The molecule has 6 rings (SSSR count).